The molecule has 3 aliphatic carbocycles. The number of phenols is 1. The number of fused-ring (bicyclic) bond motifs is 4. The first-order valence-electron chi connectivity index (χ1n) is 8.15. The second-order valence-electron chi connectivity index (χ2n) is 7.60. The van der Waals surface area contributed by atoms with E-state index in [2.05, 4.69) is 13.0 Å². The van der Waals surface area contributed by atoms with Crippen molar-refractivity contribution >= 4 is 0 Å². The zero-order chi connectivity index (χ0) is 13.5. The van der Waals surface area contributed by atoms with Crippen LogP contribution in [0.4, 0.5) is 0 Å². The van der Waals surface area contributed by atoms with Crippen molar-refractivity contribution < 1.29 is 9.84 Å². The maximum Gasteiger partial charge on any atom is 0.115 e. The zero-order valence-electron chi connectivity index (χ0n) is 12.1. The van der Waals surface area contributed by atoms with Gasteiger partial charge < -0.3 is 9.84 Å². The minimum atomic E-state index is 0.220. The molecular formula is C18H22O2. The lowest BCUT2D eigenvalue weighted by atomic mass is 9.60. The van der Waals surface area contributed by atoms with Gasteiger partial charge in [-0.25, -0.2) is 0 Å². The summed E-state index contributed by atoms with van der Waals surface area (Å²) in [6.07, 6.45) is 7.57. The van der Waals surface area contributed by atoms with Crippen molar-refractivity contribution in [3.05, 3.63) is 29.3 Å². The van der Waals surface area contributed by atoms with E-state index in [0.717, 1.165) is 18.3 Å². The van der Waals surface area contributed by atoms with Gasteiger partial charge in [0.25, 0.3) is 0 Å². The largest absolute Gasteiger partial charge is 0.508 e. The summed E-state index contributed by atoms with van der Waals surface area (Å²) in [5.41, 5.74) is 3.38. The zero-order valence-corrected chi connectivity index (χ0v) is 12.1. The molecule has 2 saturated carbocycles. The van der Waals surface area contributed by atoms with Crippen LogP contribution in [0.2, 0.25) is 0 Å². The van der Waals surface area contributed by atoms with Crippen LogP contribution in [0.15, 0.2) is 18.2 Å². The Kier molecular flexibility index (Phi) is 1.98. The summed E-state index contributed by atoms with van der Waals surface area (Å²) in [4.78, 5) is 0. The van der Waals surface area contributed by atoms with Crippen LogP contribution < -0.4 is 0 Å². The Hall–Kier alpha value is -1.02. The minimum absolute atomic E-state index is 0.220. The van der Waals surface area contributed by atoms with E-state index in [9.17, 15) is 5.11 Å². The molecule has 20 heavy (non-hydrogen) atoms. The molecule has 4 aliphatic rings. The van der Waals surface area contributed by atoms with Gasteiger partial charge in [-0.1, -0.05) is 6.07 Å². The number of phenolic OH excluding ortho intramolecular Hbond substituents is 1. The van der Waals surface area contributed by atoms with Gasteiger partial charge in [0.15, 0.2) is 0 Å². The molecule has 2 nitrogen and oxygen atoms in total. The number of rotatable bonds is 0. The molecule has 1 aromatic rings. The van der Waals surface area contributed by atoms with Crippen molar-refractivity contribution in [3.63, 3.8) is 0 Å². The molecule has 1 saturated heterocycles. The molecule has 0 radical (unpaired) electrons. The van der Waals surface area contributed by atoms with Crippen molar-refractivity contribution in [1.82, 2.24) is 0 Å². The molecule has 0 aromatic heterocycles. The molecule has 2 heteroatoms. The molecular weight excluding hydrogens is 248 g/mol. The summed E-state index contributed by atoms with van der Waals surface area (Å²) in [6, 6.07) is 6.04. The molecule has 0 bridgehead atoms. The third-order valence-electron chi connectivity index (χ3n) is 6.93. The van der Waals surface area contributed by atoms with Gasteiger partial charge in [-0.05, 0) is 86.5 Å². The maximum atomic E-state index is 9.70. The molecule has 1 N–H and O–H groups in total. The van der Waals surface area contributed by atoms with Gasteiger partial charge in [0.05, 0.1) is 5.60 Å². The van der Waals surface area contributed by atoms with E-state index in [1.54, 1.807) is 0 Å². The highest BCUT2D eigenvalue weighted by molar-refractivity contribution is 5.41. The Morgan fingerprint density at radius 1 is 1.20 bits per heavy atom. The summed E-state index contributed by atoms with van der Waals surface area (Å²) >= 11 is 0. The van der Waals surface area contributed by atoms with Crippen molar-refractivity contribution in [3.8, 4) is 5.75 Å². The van der Waals surface area contributed by atoms with Crippen molar-refractivity contribution in [1.29, 1.82) is 0 Å². The Bertz CT molecular complexity index is 595. The lowest BCUT2D eigenvalue weighted by Gasteiger charge is -2.44. The number of hydrogen-bond donors (Lipinski definition) is 1. The maximum absolute atomic E-state index is 9.70. The van der Waals surface area contributed by atoms with Crippen LogP contribution in [0.5, 0.6) is 5.75 Å². The van der Waals surface area contributed by atoms with Gasteiger partial charge in [0.2, 0.25) is 0 Å². The van der Waals surface area contributed by atoms with Crippen molar-refractivity contribution in [2.75, 3.05) is 0 Å². The fourth-order valence-corrected chi connectivity index (χ4v) is 5.98. The lowest BCUT2D eigenvalue weighted by molar-refractivity contribution is 0.0632. The van der Waals surface area contributed by atoms with E-state index in [0.29, 0.717) is 11.7 Å². The molecule has 1 aliphatic heterocycles. The number of aryl methyl sites for hydroxylation is 1. The quantitative estimate of drug-likeness (QED) is 0.728. The molecule has 0 unspecified atom stereocenters. The third kappa shape index (κ3) is 1.21. The summed E-state index contributed by atoms with van der Waals surface area (Å²) in [5.74, 6) is 2.73. The number of epoxide rings is 1. The predicted molar refractivity (Wildman–Crippen MR) is 76.8 cm³/mol. The number of hydrogen-bond acceptors (Lipinski definition) is 2. The summed E-state index contributed by atoms with van der Waals surface area (Å²) in [6.45, 7) is 2.34. The fraction of sp³-hybridized carbons (Fsp3) is 0.667. The average Bonchev–Trinajstić information content (AvgIpc) is 2.91. The minimum Gasteiger partial charge on any atom is -0.508 e. The van der Waals surface area contributed by atoms with E-state index in [4.69, 9.17) is 4.74 Å². The highest BCUT2D eigenvalue weighted by atomic mass is 16.6. The van der Waals surface area contributed by atoms with Gasteiger partial charge in [-0.2, -0.15) is 0 Å². The molecule has 1 spiro atoms. The van der Waals surface area contributed by atoms with Crippen LogP contribution in [-0.4, -0.2) is 16.3 Å². The second kappa shape index (κ2) is 3.41. The van der Waals surface area contributed by atoms with Crippen LogP contribution >= 0.6 is 0 Å². The molecule has 0 amide bonds. The highest BCUT2D eigenvalue weighted by Crippen LogP contribution is 2.71. The number of ether oxygens (including phenoxy) is 1. The van der Waals surface area contributed by atoms with Gasteiger partial charge in [-0.3, -0.25) is 0 Å². The molecule has 106 valence electrons. The van der Waals surface area contributed by atoms with E-state index in [-0.39, 0.29) is 11.2 Å². The van der Waals surface area contributed by atoms with Crippen molar-refractivity contribution in [2.45, 2.75) is 62.6 Å². The van der Waals surface area contributed by atoms with E-state index < -0.39 is 0 Å². The van der Waals surface area contributed by atoms with Crippen LogP contribution in [0, 0.1) is 11.8 Å². The lowest BCUT2D eigenvalue weighted by Crippen LogP contribution is -2.41. The molecule has 3 fully saturated rings. The third-order valence-corrected chi connectivity index (χ3v) is 6.93. The molecule has 1 aromatic carbocycles. The van der Waals surface area contributed by atoms with E-state index in [1.807, 2.05) is 12.1 Å². The average molecular weight is 270 g/mol. The van der Waals surface area contributed by atoms with Crippen LogP contribution in [0.1, 0.15) is 56.1 Å². The Labute approximate surface area is 120 Å². The Morgan fingerprint density at radius 3 is 2.95 bits per heavy atom. The van der Waals surface area contributed by atoms with Gasteiger partial charge in [0.1, 0.15) is 11.4 Å². The van der Waals surface area contributed by atoms with Crippen LogP contribution in [-0.2, 0) is 11.2 Å². The van der Waals surface area contributed by atoms with Crippen LogP contribution in [0.25, 0.3) is 0 Å². The molecule has 5 atom stereocenters. The summed E-state index contributed by atoms with van der Waals surface area (Å²) < 4.78 is 6.25. The van der Waals surface area contributed by atoms with Gasteiger partial charge in [0, 0.05) is 0 Å². The highest BCUT2D eigenvalue weighted by Gasteiger charge is 2.76. The summed E-state index contributed by atoms with van der Waals surface area (Å²) in [7, 11) is 0. The number of aromatic hydroxyl groups is 1. The Balaban J connectivity index is 1.54. The van der Waals surface area contributed by atoms with E-state index >= 15 is 0 Å². The topological polar surface area (TPSA) is 32.8 Å². The standard InChI is InChI=1S/C18H22O2/c1-17-8-7-16-15-4-2-11-10-12(19)3-5-13(11)14(15)6-9-18(16,17)20-17/h3,5,10,14-16,19H,2,4,6-9H2,1H3/t14-,15-,16+,17+,18-/m1/s1. The fourth-order valence-electron chi connectivity index (χ4n) is 5.98. The normalized spacial score (nSPS) is 48.0. The molecule has 1 heterocycles. The Morgan fingerprint density at radius 2 is 2.10 bits per heavy atom. The molecule has 5 rings (SSSR count). The van der Waals surface area contributed by atoms with Gasteiger partial charge in [-0.15, -0.1) is 0 Å². The first kappa shape index (κ1) is 11.6. The van der Waals surface area contributed by atoms with E-state index in [1.165, 1.54) is 43.2 Å². The van der Waals surface area contributed by atoms with Crippen LogP contribution in [0.3, 0.4) is 0 Å². The first-order valence-corrected chi connectivity index (χ1v) is 8.15. The monoisotopic (exact) mass is 270 g/mol. The predicted octanol–water partition coefficient (Wildman–Crippen LogP) is 3.77. The smallest absolute Gasteiger partial charge is 0.115 e. The summed E-state index contributed by atoms with van der Waals surface area (Å²) in [5, 5.41) is 9.70. The second-order valence-corrected chi connectivity index (χ2v) is 7.60. The SMILES string of the molecule is C[C@]12CC[C@H]3[C@@H]4CCc5cc(O)ccc5[C@H]4CC[C@@]31O2. The first-order chi connectivity index (χ1) is 9.63. The van der Waals surface area contributed by atoms with Gasteiger partial charge >= 0.3 is 0 Å². The number of benzene rings is 1. The van der Waals surface area contributed by atoms with Crippen molar-refractivity contribution in [2.24, 2.45) is 11.8 Å².